The van der Waals surface area contributed by atoms with Gasteiger partial charge in [0.1, 0.15) is 11.6 Å². The van der Waals surface area contributed by atoms with E-state index in [1.165, 1.54) is 30.3 Å². The van der Waals surface area contributed by atoms with E-state index in [-0.39, 0.29) is 16.9 Å². The van der Waals surface area contributed by atoms with Crippen LogP contribution >= 0.6 is 0 Å². The topological polar surface area (TPSA) is 52.3 Å². The number of primary amides is 1. The highest BCUT2D eigenvalue weighted by Crippen LogP contribution is 2.35. The average molecular weight is 299 g/mol. The summed E-state index contributed by atoms with van der Waals surface area (Å²) in [5, 5.41) is 0. The summed E-state index contributed by atoms with van der Waals surface area (Å²) in [5.74, 6) is -1.24. The molecule has 0 radical (unpaired) electrons. The van der Waals surface area contributed by atoms with E-state index >= 15 is 0 Å². The minimum atomic E-state index is -4.77. The number of carbonyl (C=O) groups excluding carboxylic acids is 1. The van der Waals surface area contributed by atoms with Crippen LogP contribution in [-0.4, -0.2) is 6.09 Å². The van der Waals surface area contributed by atoms with Crippen LogP contribution < -0.4 is 10.5 Å². The number of rotatable bonds is 2. The molecule has 0 aromatic heterocycles. The molecule has 2 N–H and O–H groups in total. The lowest BCUT2D eigenvalue weighted by atomic mass is 10.0. The van der Waals surface area contributed by atoms with Gasteiger partial charge >= 0.3 is 12.3 Å². The molecule has 0 aliphatic heterocycles. The second kappa shape index (κ2) is 5.43. The lowest BCUT2D eigenvalue weighted by molar-refractivity contribution is -0.139. The molecule has 110 valence electrons. The van der Waals surface area contributed by atoms with E-state index in [2.05, 4.69) is 4.74 Å². The molecule has 2 aromatic rings. The number of nitrogens with two attached hydrogens (primary N) is 1. The number of carbonyl (C=O) groups is 1. The van der Waals surface area contributed by atoms with Crippen molar-refractivity contribution < 1.29 is 27.1 Å². The molecule has 0 unspecified atom stereocenters. The summed E-state index contributed by atoms with van der Waals surface area (Å²) in [6, 6.07) is 8.29. The molecule has 0 spiro atoms. The first-order valence-corrected chi connectivity index (χ1v) is 5.72. The van der Waals surface area contributed by atoms with Crippen molar-refractivity contribution in [2.24, 2.45) is 5.73 Å². The van der Waals surface area contributed by atoms with Crippen LogP contribution in [0, 0.1) is 5.82 Å². The van der Waals surface area contributed by atoms with Crippen molar-refractivity contribution in [1.82, 2.24) is 0 Å². The molecule has 2 aromatic carbocycles. The molecule has 0 atom stereocenters. The van der Waals surface area contributed by atoms with Crippen molar-refractivity contribution in [3.8, 4) is 16.9 Å². The predicted molar refractivity (Wildman–Crippen MR) is 67.0 cm³/mol. The normalized spacial score (nSPS) is 11.2. The molecule has 0 aliphatic rings. The number of benzene rings is 2. The second-order valence-electron chi connectivity index (χ2n) is 4.11. The number of alkyl halides is 3. The number of halogens is 4. The molecule has 3 nitrogen and oxygen atoms in total. The molecule has 0 heterocycles. The number of hydrogen-bond donors (Lipinski definition) is 1. The van der Waals surface area contributed by atoms with E-state index in [0.717, 1.165) is 6.07 Å². The van der Waals surface area contributed by atoms with E-state index in [1.807, 2.05) is 0 Å². The van der Waals surface area contributed by atoms with E-state index in [1.54, 1.807) is 0 Å². The zero-order chi connectivity index (χ0) is 15.6. The first-order chi connectivity index (χ1) is 9.79. The molecule has 21 heavy (non-hydrogen) atoms. The van der Waals surface area contributed by atoms with Gasteiger partial charge in [-0.25, -0.2) is 9.18 Å². The van der Waals surface area contributed by atoms with Crippen LogP contribution in [0.25, 0.3) is 11.1 Å². The zero-order valence-electron chi connectivity index (χ0n) is 10.4. The monoisotopic (exact) mass is 299 g/mol. The predicted octanol–water partition coefficient (Wildman–Crippen LogP) is 3.97. The fraction of sp³-hybridized carbons (Fsp3) is 0.0714. The fourth-order valence-electron chi connectivity index (χ4n) is 1.79. The van der Waals surface area contributed by atoms with Crippen LogP contribution in [0.3, 0.4) is 0 Å². The Bertz CT molecular complexity index is 666. The van der Waals surface area contributed by atoms with Gasteiger partial charge in [-0.3, -0.25) is 0 Å². The largest absolute Gasteiger partial charge is 0.419 e. The second-order valence-corrected chi connectivity index (χ2v) is 4.11. The quantitative estimate of drug-likeness (QED) is 0.853. The smallest absolute Gasteiger partial charge is 0.411 e. The number of hydrogen-bond acceptors (Lipinski definition) is 2. The van der Waals surface area contributed by atoms with E-state index in [0.29, 0.717) is 6.07 Å². The highest BCUT2D eigenvalue weighted by molar-refractivity contribution is 5.70. The highest BCUT2D eigenvalue weighted by Gasteiger charge is 2.34. The average Bonchev–Trinajstić information content (AvgIpc) is 2.38. The first-order valence-electron chi connectivity index (χ1n) is 5.72. The van der Waals surface area contributed by atoms with Crippen molar-refractivity contribution in [2.45, 2.75) is 6.18 Å². The van der Waals surface area contributed by atoms with Gasteiger partial charge in [0.15, 0.2) is 0 Å². The minimum absolute atomic E-state index is 0.110. The lowest BCUT2D eigenvalue weighted by Gasteiger charge is -2.11. The summed E-state index contributed by atoms with van der Waals surface area (Å²) in [6.07, 6.45) is -5.79. The minimum Gasteiger partial charge on any atom is -0.411 e. The van der Waals surface area contributed by atoms with Crippen molar-refractivity contribution in [1.29, 1.82) is 0 Å². The first kappa shape index (κ1) is 14.8. The van der Waals surface area contributed by atoms with Crippen molar-refractivity contribution >= 4 is 6.09 Å². The van der Waals surface area contributed by atoms with Crippen molar-refractivity contribution in [3.63, 3.8) is 0 Å². The van der Waals surface area contributed by atoms with Gasteiger partial charge in [-0.1, -0.05) is 24.3 Å². The third-order valence-electron chi connectivity index (χ3n) is 2.69. The molecule has 0 saturated heterocycles. The molecule has 1 amide bonds. The maximum atomic E-state index is 13.9. The van der Waals surface area contributed by atoms with Gasteiger partial charge in [0.2, 0.25) is 0 Å². The lowest BCUT2D eigenvalue weighted by Crippen LogP contribution is -2.16. The summed E-state index contributed by atoms with van der Waals surface area (Å²) in [4.78, 5) is 10.5. The third kappa shape index (κ3) is 3.31. The maximum absolute atomic E-state index is 13.9. The summed E-state index contributed by atoms with van der Waals surface area (Å²) >= 11 is 0. The Hall–Kier alpha value is -2.57. The van der Waals surface area contributed by atoms with Gasteiger partial charge in [0, 0.05) is 5.56 Å². The molecule has 2 rings (SSSR count). The third-order valence-corrected chi connectivity index (χ3v) is 2.69. The number of ether oxygens (including phenoxy) is 1. The SMILES string of the molecule is NC(=O)Oc1ccc(-c2cccc(C(F)(F)F)c2F)cc1. The Kier molecular flexibility index (Phi) is 3.84. The maximum Gasteiger partial charge on any atom is 0.419 e. The summed E-state index contributed by atoms with van der Waals surface area (Å²) in [6.45, 7) is 0. The van der Waals surface area contributed by atoms with Crippen LogP contribution in [0.5, 0.6) is 5.75 Å². The Balaban J connectivity index is 2.41. The fourth-order valence-corrected chi connectivity index (χ4v) is 1.79. The molecule has 7 heteroatoms. The molecular formula is C14H9F4NO2. The van der Waals surface area contributed by atoms with Gasteiger partial charge in [-0.15, -0.1) is 0 Å². The molecule has 0 aliphatic carbocycles. The summed E-state index contributed by atoms with van der Waals surface area (Å²) in [5.41, 5.74) is 3.50. The van der Waals surface area contributed by atoms with Crippen LogP contribution in [0.2, 0.25) is 0 Å². The van der Waals surface area contributed by atoms with Crippen LogP contribution in [0.4, 0.5) is 22.4 Å². The van der Waals surface area contributed by atoms with Crippen LogP contribution in [-0.2, 0) is 6.18 Å². The Labute approximate surface area is 116 Å². The Morgan fingerprint density at radius 1 is 1.05 bits per heavy atom. The van der Waals surface area contributed by atoms with Gasteiger partial charge in [-0.2, -0.15) is 13.2 Å². The van der Waals surface area contributed by atoms with Gasteiger partial charge in [0.05, 0.1) is 5.56 Å². The standard InChI is InChI=1S/C14H9F4NO2/c15-12-10(2-1-3-11(12)14(16,17)18)8-4-6-9(7-5-8)21-13(19)20/h1-7H,(H2,19,20). The zero-order valence-corrected chi connectivity index (χ0v) is 10.4. The molecule has 0 saturated carbocycles. The van der Waals surface area contributed by atoms with Crippen molar-refractivity contribution in [3.05, 3.63) is 53.8 Å². The Morgan fingerprint density at radius 3 is 2.19 bits per heavy atom. The van der Waals surface area contributed by atoms with E-state index in [9.17, 15) is 22.4 Å². The Morgan fingerprint density at radius 2 is 1.67 bits per heavy atom. The summed E-state index contributed by atoms with van der Waals surface area (Å²) < 4.78 is 56.4. The summed E-state index contributed by atoms with van der Waals surface area (Å²) in [7, 11) is 0. The van der Waals surface area contributed by atoms with Crippen LogP contribution in [0.1, 0.15) is 5.56 Å². The molecule has 0 bridgehead atoms. The van der Waals surface area contributed by atoms with Crippen LogP contribution in [0.15, 0.2) is 42.5 Å². The molecule has 0 fully saturated rings. The van der Waals surface area contributed by atoms with Gasteiger partial charge < -0.3 is 10.5 Å². The number of amides is 1. The highest BCUT2D eigenvalue weighted by atomic mass is 19.4. The van der Waals surface area contributed by atoms with E-state index < -0.39 is 23.7 Å². The van der Waals surface area contributed by atoms with Gasteiger partial charge in [0.25, 0.3) is 0 Å². The van der Waals surface area contributed by atoms with E-state index in [4.69, 9.17) is 5.73 Å². The van der Waals surface area contributed by atoms with Gasteiger partial charge in [-0.05, 0) is 23.8 Å². The van der Waals surface area contributed by atoms with Crippen molar-refractivity contribution in [2.75, 3.05) is 0 Å². The molecular weight excluding hydrogens is 290 g/mol.